The summed E-state index contributed by atoms with van der Waals surface area (Å²) in [5, 5.41) is 0. The topological polar surface area (TPSA) is 38.8 Å². The first kappa shape index (κ1) is 14.8. The molecule has 1 aliphatic carbocycles. The number of carbonyl (C=O) groups excluding carboxylic acids is 1. The summed E-state index contributed by atoms with van der Waals surface area (Å²) in [6.45, 7) is 5.52. The average Bonchev–Trinajstić information content (AvgIpc) is 2.35. The van der Waals surface area contributed by atoms with Crippen LogP contribution >= 0.6 is 0 Å². The Morgan fingerprint density at radius 3 is 2.58 bits per heavy atom. The highest BCUT2D eigenvalue weighted by molar-refractivity contribution is 5.70. The predicted octanol–water partition coefficient (Wildman–Crippen LogP) is 1.93. The molecule has 0 spiro atoms. The quantitative estimate of drug-likeness (QED) is 0.545. The molecule has 1 saturated heterocycles. The van der Waals surface area contributed by atoms with Crippen molar-refractivity contribution in [2.45, 2.75) is 32.6 Å². The summed E-state index contributed by atoms with van der Waals surface area (Å²) in [6, 6.07) is 0. The first-order valence-corrected chi connectivity index (χ1v) is 7.62. The molecular weight excluding hydrogens is 242 g/mol. The van der Waals surface area contributed by atoms with E-state index in [1.807, 2.05) is 6.92 Å². The van der Waals surface area contributed by atoms with E-state index in [4.69, 9.17) is 9.47 Å². The van der Waals surface area contributed by atoms with E-state index in [2.05, 4.69) is 11.9 Å². The molecule has 1 aliphatic heterocycles. The molecule has 110 valence electrons. The SMILES string of the molecule is CCOC(=O)COCCC1C2CCCC1CN(C)C2. The third kappa shape index (κ3) is 4.18. The number of esters is 1. The fourth-order valence-corrected chi connectivity index (χ4v) is 3.83. The number of hydrogen-bond donors (Lipinski definition) is 0. The van der Waals surface area contributed by atoms with Crippen molar-refractivity contribution >= 4 is 5.97 Å². The van der Waals surface area contributed by atoms with Crippen LogP contribution in [-0.2, 0) is 14.3 Å². The highest BCUT2D eigenvalue weighted by atomic mass is 16.6. The molecule has 0 aromatic carbocycles. The molecule has 0 aromatic rings. The summed E-state index contributed by atoms with van der Waals surface area (Å²) >= 11 is 0. The first-order valence-electron chi connectivity index (χ1n) is 7.62. The lowest BCUT2D eigenvalue weighted by Crippen LogP contribution is -2.47. The van der Waals surface area contributed by atoms with Gasteiger partial charge in [-0.1, -0.05) is 6.42 Å². The van der Waals surface area contributed by atoms with Crippen molar-refractivity contribution in [3.8, 4) is 0 Å². The summed E-state index contributed by atoms with van der Waals surface area (Å²) in [5.74, 6) is 2.23. The van der Waals surface area contributed by atoms with Crippen LogP contribution in [0.1, 0.15) is 32.6 Å². The standard InChI is InChI=1S/C15H27NO3/c1-3-19-15(17)11-18-8-7-14-12-5-4-6-13(14)10-16(2)9-12/h12-14H,3-11H2,1-2H3. The number of carbonyl (C=O) groups is 1. The molecule has 2 unspecified atom stereocenters. The minimum Gasteiger partial charge on any atom is -0.464 e. The summed E-state index contributed by atoms with van der Waals surface area (Å²) < 4.78 is 10.3. The zero-order valence-corrected chi connectivity index (χ0v) is 12.3. The van der Waals surface area contributed by atoms with Crippen molar-refractivity contribution in [3.05, 3.63) is 0 Å². The minimum atomic E-state index is -0.244. The molecule has 2 fully saturated rings. The Morgan fingerprint density at radius 2 is 1.95 bits per heavy atom. The van der Waals surface area contributed by atoms with Gasteiger partial charge >= 0.3 is 5.97 Å². The van der Waals surface area contributed by atoms with Crippen molar-refractivity contribution in [1.29, 1.82) is 0 Å². The zero-order valence-electron chi connectivity index (χ0n) is 12.3. The Labute approximate surface area is 116 Å². The molecule has 2 atom stereocenters. The van der Waals surface area contributed by atoms with Crippen LogP contribution in [-0.4, -0.2) is 50.8 Å². The second-order valence-corrected chi connectivity index (χ2v) is 5.98. The molecule has 1 heterocycles. The Balaban J connectivity index is 1.69. The van der Waals surface area contributed by atoms with Crippen molar-refractivity contribution in [2.75, 3.05) is 40.0 Å². The number of likely N-dealkylation sites (tertiary alicyclic amines) is 1. The number of hydrogen-bond acceptors (Lipinski definition) is 4. The maximum Gasteiger partial charge on any atom is 0.332 e. The average molecular weight is 269 g/mol. The van der Waals surface area contributed by atoms with E-state index in [0.29, 0.717) is 13.2 Å². The lowest BCUT2D eigenvalue weighted by atomic mass is 9.68. The van der Waals surface area contributed by atoms with Gasteiger partial charge < -0.3 is 14.4 Å². The largest absolute Gasteiger partial charge is 0.464 e. The molecule has 19 heavy (non-hydrogen) atoms. The van der Waals surface area contributed by atoms with Crippen molar-refractivity contribution in [2.24, 2.45) is 17.8 Å². The number of nitrogens with zero attached hydrogens (tertiary/aromatic N) is 1. The van der Waals surface area contributed by atoms with Gasteiger partial charge in [-0.15, -0.1) is 0 Å². The van der Waals surface area contributed by atoms with E-state index in [-0.39, 0.29) is 12.6 Å². The monoisotopic (exact) mass is 269 g/mol. The summed E-state index contributed by atoms with van der Waals surface area (Å²) in [4.78, 5) is 13.7. The molecule has 4 nitrogen and oxygen atoms in total. The molecular formula is C15H27NO3. The highest BCUT2D eigenvalue weighted by Crippen LogP contribution is 2.40. The molecule has 0 amide bonds. The molecule has 2 aliphatic rings. The molecule has 4 heteroatoms. The normalized spacial score (nSPS) is 31.2. The van der Waals surface area contributed by atoms with Crippen molar-refractivity contribution < 1.29 is 14.3 Å². The number of ether oxygens (including phenoxy) is 2. The first-order chi connectivity index (χ1) is 9.20. The fourth-order valence-electron chi connectivity index (χ4n) is 3.83. The van der Waals surface area contributed by atoms with Crippen molar-refractivity contribution in [3.63, 3.8) is 0 Å². The van der Waals surface area contributed by atoms with E-state index in [1.165, 1.54) is 32.4 Å². The third-order valence-electron chi connectivity index (χ3n) is 4.57. The van der Waals surface area contributed by atoms with Gasteiger partial charge in [0.1, 0.15) is 6.61 Å². The van der Waals surface area contributed by atoms with Gasteiger partial charge in [0, 0.05) is 19.7 Å². The summed E-state index contributed by atoms with van der Waals surface area (Å²) in [7, 11) is 2.23. The second-order valence-electron chi connectivity index (χ2n) is 5.98. The summed E-state index contributed by atoms with van der Waals surface area (Å²) in [5.41, 5.74) is 0. The van der Waals surface area contributed by atoms with Gasteiger partial charge in [-0.25, -0.2) is 4.79 Å². The molecule has 2 bridgehead atoms. The maximum absolute atomic E-state index is 11.2. The van der Waals surface area contributed by atoms with Gasteiger partial charge in [0.2, 0.25) is 0 Å². The highest BCUT2D eigenvalue weighted by Gasteiger charge is 2.37. The maximum atomic E-state index is 11.2. The van der Waals surface area contributed by atoms with Crippen LogP contribution in [0, 0.1) is 17.8 Å². The van der Waals surface area contributed by atoms with Crippen LogP contribution < -0.4 is 0 Å². The van der Waals surface area contributed by atoms with E-state index in [9.17, 15) is 4.79 Å². The van der Waals surface area contributed by atoms with Gasteiger partial charge in [0.15, 0.2) is 0 Å². The Kier molecular flexibility index (Phi) is 5.64. The van der Waals surface area contributed by atoms with Gasteiger partial charge in [-0.05, 0) is 51.0 Å². The lowest BCUT2D eigenvalue weighted by molar-refractivity contribution is -0.148. The van der Waals surface area contributed by atoms with Crippen LogP contribution in [0.25, 0.3) is 0 Å². The van der Waals surface area contributed by atoms with Gasteiger partial charge in [0.25, 0.3) is 0 Å². The van der Waals surface area contributed by atoms with E-state index in [0.717, 1.165) is 24.2 Å². The van der Waals surface area contributed by atoms with E-state index >= 15 is 0 Å². The molecule has 0 radical (unpaired) electrons. The van der Waals surface area contributed by atoms with Crippen LogP contribution in [0.2, 0.25) is 0 Å². The molecule has 1 saturated carbocycles. The van der Waals surface area contributed by atoms with E-state index < -0.39 is 0 Å². The molecule has 0 aromatic heterocycles. The Bertz CT molecular complexity index is 281. The smallest absolute Gasteiger partial charge is 0.332 e. The van der Waals surface area contributed by atoms with Gasteiger partial charge in [-0.2, -0.15) is 0 Å². The number of piperidine rings is 1. The second kappa shape index (κ2) is 7.25. The minimum absolute atomic E-state index is 0.107. The fraction of sp³-hybridized carbons (Fsp3) is 0.933. The van der Waals surface area contributed by atoms with E-state index in [1.54, 1.807) is 0 Å². The zero-order chi connectivity index (χ0) is 13.7. The number of rotatable bonds is 6. The molecule has 0 N–H and O–H groups in total. The van der Waals surface area contributed by atoms with Crippen LogP contribution in [0.4, 0.5) is 0 Å². The third-order valence-corrected chi connectivity index (χ3v) is 4.57. The van der Waals surface area contributed by atoms with Gasteiger partial charge in [-0.3, -0.25) is 0 Å². The van der Waals surface area contributed by atoms with Crippen LogP contribution in [0.15, 0.2) is 0 Å². The lowest BCUT2D eigenvalue weighted by Gasteiger charge is -2.46. The van der Waals surface area contributed by atoms with Crippen molar-refractivity contribution in [1.82, 2.24) is 4.90 Å². The Hall–Kier alpha value is -0.610. The molecule has 2 rings (SSSR count). The van der Waals surface area contributed by atoms with Crippen LogP contribution in [0.3, 0.4) is 0 Å². The predicted molar refractivity (Wildman–Crippen MR) is 73.9 cm³/mol. The summed E-state index contributed by atoms with van der Waals surface area (Å²) in [6.07, 6.45) is 5.22. The van der Waals surface area contributed by atoms with Crippen LogP contribution in [0.5, 0.6) is 0 Å². The van der Waals surface area contributed by atoms with Gasteiger partial charge in [0.05, 0.1) is 6.61 Å². The Morgan fingerprint density at radius 1 is 1.26 bits per heavy atom. The number of fused-ring (bicyclic) bond motifs is 2.